The normalized spacial score (nSPS) is 15.2. The van der Waals surface area contributed by atoms with Crippen molar-refractivity contribution in [1.82, 2.24) is 10.2 Å². The Morgan fingerprint density at radius 2 is 1.75 bits per heavy atom. The number of fused-ring (bicyclic) bond motifs is 3. The molecule has 0 spiro atoms. The van der Waals surface area contributed by atoms with Crippen molar-refractivity contribution in [3.8, 4) is 17.0 Å². The number of aromatic nitrogens is 2. The van der Waals surface area contributed by atoms with Gasteiger partial charge in [-0.15, -0.1) is 10.2 Å². The zero-order chi connectivity index (χ0) is 23.1. The number of hydrogen-bond acceptors (Lipinski definition) is 4. The van der Waals surface area contributed by atoms with Gasteiger partial charge in [0.05, 0.1) is 5.56 Å². The predicted molar refractivity (Wildman–Crippen MR) is 122 cm³/mol. The van der Waals surface area contributed by atoms with Crippen molar-refractivity contribution in [1.29, 1.82) is 0 Å². The monoisotopic (exact) mass is 449 g/mol. The second kappa shape index (κ2) is 11.0. The first-order valence-electron chi connectivity index (χ1n) is 11.9. The van der Waals surface area contributed by atoms with Crippen LogP contribution in [0.1, 0.15) is 81.9 Å². The third-order valence-corrected chi connectivity index (χ3v) is 6.39. The summed E-state index contributed by atoms with van der Waals surface area (Å²) >= 11 is 0. The van der Waals surface area contributed by atoms with Crippen molar-refractivity contribution in [3.05, 3.63) is 34.9 Å². The number of phenols is 1. The van der Waals surface area contributed by atoms with Crippen LogP contribution in [0, 0.1) is 5.92 Å². The molecule has 1 aromatic heterocycles. The summed E-state index contributed by atoms with van der Waals surface area (Å²) in [5.74, 6) is 0.874. The second-order valence-electron chi connectivity index (χ2n) is 8.84. The van der Waals surface area contributed by atoms with E-state index in [2.05, 4.69) is 29.4 Å². The first-order valence-corrected chi connectivity index (χ1v) is 11.9. The van der Waals surface area contributed by atoms with E-state index < -0.39 is 11.7 Å². The van der Waals surface area contributed by atoms with Crippen molar-refractivity contribution >= 4 is 5.82 Å². The van der Waals surface area contributed by atoms with Crippen LogP contribution in [0.4, 0.5) is 19.0 Å². The molecule has 1 aromatic carbocycles. The average molecular weight is 450 g/mol. The molecule has 4 nitrogen and oxygen atoms in total. The van der Waals surface area contributed by atoms with Gasteiger partial charge < -0.3 is 10.4 Å². The Morgan fingerprint density at radius 1 is 1.00 bits per heavy atom. The molecular formula is C25H34F3N3O. The summed E-state index contributed by atoms with van der Waals surface area (Å²) in [6.07, 6.45) is 5.29. The van der Waals surface area contributed by atoms with Gasteiger partial charge in [0.15, 0.2) is 0 Å². The van der Waals surface area contributed by atoms with E-state index in [-0.39, 0.29) is 5.75 Å². The SMILES string of the molecule is CCCCCC(CC)CNc1cc2c(nn1)-c1c(O)cc(C(F)(F)F)cc1CCCCC2. The average Bonchev–Trinajstić information content (AvgIpc) is 2.84. The van der Waals surface area contributed by atoms with Crippen molar-refractivity contribution in [3.63, 3.8) is 0 Å². The van der Waals surface area contributed by atoms with Crippen LogP contribution in [-0.4, -0.2) is 21.8 Å². The summed E-state index contributed by atoms with van der Waals surface area (Å²) < 4.78 is 39.8. The molecule has 0 fully saturated rings. The lowest BCUT2D eigenvalue weighted by atomic mass is 9.94. The molecule has 0 saturated carbocycles. The largest absolute Gasteiger partial charge is 0.507 e. The number of hydrogen-bond donors (Lipinski definition) is 2. The lowest BCUT2D eigenvalue weighted by Gasteiger charge is -2.18. The number of nitrogens with zero attached hydrogens (tertiary/aromatic N) is 2. The van der Waals surface area contributed by atoms with Gasteiger partial charge in [-0.05, 0) is 67.3 Å². The topological polar surface area (TPSA) is 58.0 Å². The minimum absolute atomic E-state index is 0.380. The van der Waals surface area contributed by atoms with E-state index in [4.69, 9.17) is 0 Å². The molecule has 32 heavy (non-hydrogen) atoms. The molecule has 1 atom stereocenters. The van der Waals surface area contributed by atoms with Crippen LogP contribution >= 0.6 is 0 Å². The van der Waals surface area contributed by atoms with E-state index in [9.17, 15) is 18.3 Å². The highest BCUT2D eigenvalue weighted by atomic mass is 19.4. The Bertz CT molecular complexity index is 899. The molecule has 1 aliphatic carbocycles. The Kier molecular flexibility index (Phi) is 8.38. The maximum atomic E-state index is 13.3. The number of aromatic hydroxyl groups is 1. The highest BCUT2D eigenvalue weighted by Crippen LogP contribution is 2.41. The summed E-state index contributed by atoms with van der Waals surface area (Å²) in [4.78, 5) is 0. The van der Waals surface area contributed by atoms with Crippen molar-refractivity contribution < 1.29 is 18.3 Å². The lowest BCUT2D eigenvalue weighted by Crippen LogP contribution is -2.15. The molecule has 0 radical (unpaired) electrons. The maximum absolute atomic E-state index is 13.3. The van der Waals surface area contributed by atoms with E-state index in [1.54, 1.807) is 0 Å². The first-order chi connectivity index (χ1) is 15.3. The molecule has 0 saturated heterocycles. The third-order valence-electron chi connectivity index (χ3n) is 6.39. The molecule has 1 heterocycles. The molecular weight excluding hydrogens is 415 g/mol. The van der Waals surface area contributed by atoms with Gasteiger partial charge in [0.2, 0.25) is 0 Å². The van der Waals surface area contributed by atoms with E-state index in [0.29, 0.717) is 35.0 Å². The fraction of sp³-hybridized carbons (Fsp3) is 0.600. The zero-order valence-electron chi connectivity index (χ0n) is 19.1. The number of alkyl halides is 3. The molecule has 7 heteroatoms. The fourth-order valence-electron chi connectivity index (χ4n) is 4.43. The maximum Gasteiger partial charge on any atom is 0.416 e. The smallest absolute Gasteiger partial charge is 0.416 e. The molecule has 2 aromatic rings. The van der Waals surface area contributed by atoms with Crippen LogP contribution in [0.3, 0.4) is 0 Å². The summed E-state index contributed by atoms with van der Waals surface area (Å²) in [6.45, 7) is 5.22. The van der Waals surface area contributed by atoms with Crippen molar-refractivity contribution in [2.45, 2.75) is 84.2 Å². The summed E-state index contributed by atoms with van der Waals surface area (Å²) in [6, 6.07) is 3.91. The van der Waals surface area contributed by atoms with Gasteiger partial charge in [-0.3, -0.25) is 0 Å². The fourth-order valence-corrected chi connectivity index (χ4v) is 4.43. The quantitative estimate of drug-likeness (QED) is 0.420. The number of benzene rings is 1. The standard InChI is InChI=1S/C25H34F3N3O/c1-3-5-7-10-17(4-2)16-29-22-14-19-12-9-6-8-11-18-13-20(25(26,27)28)15-21(32)23(18)24(19)31-30-22/h13-15,17,32H,3-12,16H2,1-2H3,(H,29,30). The molecule has 0 aliphatic heterocycles. The third kappa shape index (κ3) is 6.14. The number of unbranched alkanes of at least 4 members (excludes halogenated alkanes) is 2. The number of anilines is 1. The number of rotatable bonds is 8. The Hall–Kier alpha value is -2.31. The summed E-state index contributed by atoms with van der Waals surface area (Å²) in [5, 5.41) is 22.7. The Morgan fingerprint density at radius 3 is 2.44 bits per heavy atom. The Labute approximate surface area is 188 Å². The first kappa shape index (κ1) is 24.3. The molecule has 0 amide bonds. The summed E-state index contributed by atoms with van der Waals surface area (Å²) in [7, 11) is 0. The van der Waals surface area contributed by atoms with Crippen LogP contribution in [0.5, 0.6) is 5.75 Å². The molecule has 3 rings (SSSR count). The van der Waals surface area contributed by atoms with E-state index in [0.717, 1.165) is 56.3 Å². The molecule has 1 aliphatic rings. The highest BCUT2D eigenvalue weighted by Gasteiger charge is 2.33. The van der Waals surface area contributed by atoms with Gasteiger partial charge in [-0.25, -0.2) is 0 Å². The highest BCUT2D eigenvalue weighted by molar-refractivity contribution is 5.74. The van der Waals surface area contributed by atoms with Crippen LogP contribution < -0.4 is 5.32 Å². The van der Waals surface area contributed by atoms with Crippen LogP contribution in [0.2, 0.25) is 0 Å². The number of phenolic OH excluding ortho intramolecular Hbond substituents is 1. The van der Waals surface area contributed by atoms with Gasteiger partial charge in [0.25, 0.3) is 0 Å². The van der Waals surface area contributed by atoms with Gasteiger partial charge >= 0.3 is 6.18 Å². The second-order valence-corrected chi connectivity index (χ2v) is 8.84. The van der Waals surface area contributed by atoms with E-state index in [1.165, 1.54) is 25.7 Å². The molecule has 2 N–H and O–H groups in total. The minimum atomic E-state index is -4.50. The number of nitrogens with one attached hydrogen (secondary N) is 1. The van der Waals surface area contributed by atoms with Crippen LogP contribution in [0.25, 0.3) is 11.3 Å². The predicted octanol–water partition coefficient (Wildman–Crippen LogP) is 7.16. The molecule has 0 bridgehead atoms. The zero-order valence-corrected chi connectivity index (χ0v) is 19.1. The van der Waals surface area contributed by atoms with Crippen molar-refractivity contribution in [2.24, 2.45) is 5.92 Å². The van der Waals surface area contributed by atoms with E-state index >= 15 is 0 Å². The minimum Gasteiger partial charge on any atom is -0.507 e. The van der Waals surface area contributed by atoms with Crippen molar-refractivity contribution in [2.75, 3.05) is 11.9 Å². The van der Waals surface area contributed by atoms with Crippen LogP contribution in [-0.2, 0) is 19.0 Å². The van der Waals surface area contributed by atoms with E-state index in [1.807, 2.05) is 6.07 Å². The molecule has 1 unspecified atom stereocenters. The number of halogens is 3. The van der Waals surface area contributed by atoms with Gasteiger partial charge in [0.1, 0.15) is 17.3 Å². The lowest BCUT2D eigenvalue weighted by molar-refractivity contribution is -0.137. The summed E-state index contributed by atoms with van der Waals surface area (Å²) in [5.41, 5.74) is 1.46. The van der Waals surface area contributed by atoms with Crippen LogP contribution in [0.15, 0.2) is 18.2 Å². The molecule has 176 valence electrons. The van der Waals surface area contributed by atoms with Gasteiger partial charge in [-0.2, -0.15) is 13.2 Å². The number of aryl methyl sites for hydroxylation is 2. The Balaban J connectivity index is 1.88. The van der Waals surface area contributed by atoms with Gasteiger partial charge in [-0.1, -0.05) is 46.0 Å². The van der Waals surface area contributed by atoms with Gasteiger partial charge in [0, 0.05) is 12.1 Å².